The van der Waals surface area contributed by atoms with Gasteiger partial charge in [0.1, 0.15) is 28.6 Å². The summed E-state index contributed by atoms with van der Waals surface area (Å²) in [5.41, 5.74) is 0.117. The van der Waals surface area contributed by atoms with E-state index in [0.29, 0.717) is 48.6 Å². The predicted molar refractivity (Wildman–Crippen MR) is 137 cm³/mol. The van der Waals surface area contributed by atoms with E-state index in [1.54, 1.807) is 18.2 Å². The van der Waals surface area contributed by atoms with E-state index in [1.807, 2.05) is 27.7 Å². The number of benzene rings is 2. The number of carboxylic acids is 1. The van der Waals surface area contributed by atoms with Crippen LogP contribution in [0.4, 0.5) is 0 Å². The van der Waals surface area contributed by atoms with Crippen molar-refractivity contribution < 1.29 is 43.7 Å². The number of aromatic carboxylic acids is 1. The van der Waals surface area contributed by atoms with Gasteiger partial charge in [-0.3, -0.25) is 19.2 Å². The molecule has 0 amide bonds. The summed E-state index contributed by atoms with van der Waals surface area (Å²) in [4.78, 5) is 54.0. The van der Waals surface area contributed by atoms with Crippen LogP contribution in [0.25, 0.3) is 0 Å². The Morgan fingerprint density at radius 3 is 2.11 bits per heavy atom. The number of aromatic hydroxyl groups is 1. The summed E-state index contributed by atoms with van der Waals surface area (Å²) in [5, 5.41) is 17.8. The first kappa shape index (κ1) is 31.0. The summed E-state index contributed by atoms with van der Waals surface area (Å²) in [7, 11) is 0. The molecule has 0 atom stereocenters. The van der Waals surface area contributed by atoms with Crippen LogP contribution in [0.5, 0.6) is 17.2 Å². The lowest BCUT2D eigenvalue weighted by Gasteiger charge is -2.36. The van der Waals surface area contributed by atoms with Crippen molar-refractivity contribution in [2.24, 2.45) is 0 Å². The van der Waals surface area contributed by atoms with Crippen molar-refractivity contribution in [3.8, 4) is 17.2 Å². The quantitative estimate of drug-likeness (QED) is 0.349. The summed E-state index contributed by atoms with van der Waals surface area (Å²) in [6, 6.07) is 8.46. The standard InChI is InChI=1S/C14H16O4.C9H8O4.C5H10O/c1-3-14(4-2)8-12(16)11-7-10(17-9-15)5-6-13(11)18-14;1-5(10)7-4-6(9(12)13)2-3-8(7)11;1-3-5(6)4-2/h5-7,9H,3-4,8H2,1-2H3;2-4,11H,1H3,(H,12,13);3-4H2,1-2H3. The molecule has 0 saturated carbocycles. The molecule has 3 rings (SSSR count). The van der Waals surface area contributed by atoms with Gasteiger partial charge in [-0.2, -0.15) is 0 Å². The molecule has 9 heteroatoms. The van der Waals surface area contributed by atoms with Gasteiger partial charge in [0.15, 0.2) is 11.6 Å². The van der Waals surface area contributed by atoms with Gasteiger partial charge in [-0.25, -0.2) is 4.79 Å². The van der Waals surface area contributed by atoms with Crippen LogP contribution in [0.15, 0.2) is 36.4 Å². The topological polar surface area (TPSA) is 144 Å². The first-order valence-electron chi connectivity index (χ1n) is 12.0. The minimum absolute atomic E-state index is 0.0111. The van der Waals surface area contributed by atoms with Crippen molar-refractivity contribution in [1.82, 2.24) is 0 Å². The molecule has 0 aliphatic carbocycles. The number of Topliss-reactive ketones (excluding diaryl/α,β-unsaturated/α-hetero) is 3. The van der Waals surface area contributed by atoms with E-state index in [4.69, 9.17) is 14.6 Å². The third-order valence-corrected chi connectivity index (χ3v) is 5.94. The second kappa shape index (κ2) is 14.5. The zero-order chi connectivity index (χ0) is 28.2. The van der Waals surface area contributed by atoms with Gasteiger partial charge >= 0.3 is 5.97 Å². The largest absolute Gasteiger partial charge is 0.507 e. The first-order valence-corrected chi connectivity index (χ1v) is 12.0. The molecule has 1 heterocycles. The second-order valence-electron chi connectivity index (χ2n) is 8.30. The minimum atomic E-state index is -1.12. The smallest absolute Gasteiger partial charge is 0.335 e. The highest BCUT2D eigenvalue weighted by molar-refractivity contribution is 6.01. The Hall–Kier alpha value is -4.01. The molecule has 0 unspecified atom stereocenters. The minimum Gasteiger partial charge on any atom is -0.507 e. The summed E-state index contributed by atoms with van der Waals surface area (Å²) in [6.07, 6.45) is 3.34. The van der Waals surface area contributed by atoms with Crippen molar-refractivity contribution in [2.45, 2.75) is 72.3 Å². The van der Waals surface area contributed by atoms with E-state index >= 15 is 0 Å². The van der Waals surface area contributed by atoms with E-state index in [9.17, 15) is 29.1 Å². The predicted octanol–water partition coefficient (Wildman–Crippen LogP) is 5.41. The summed E-state index contributed by atoms with van der Waals surface area (Å²) in [5.74, 6) is -0.360. The zero-order valence-corrected chi connectivity index (χ0v) is 21.8. The highest BCUT2D eigenvalue weighted by Gasteiger charge is 2.37. The molecule has 200 valence electrons. The van der Waals surface area contributed by atoms with Crippen LogP contribution < -0.4 is 9.47 Å². The molecule has 1 aliphatic heterocycles. The van der Waals surface area contributed by atoms with Crippen LogP contribution in [0.2, 0.25) is 0 Å². The summed E-state index contributed by atoms with van der Waals surface area (Å²) < 4.78 is 10.7. The van der Waals surface area contributed by atoms with Crippen molar-refractivity contribution >= 4 is 29.8 Å². The maximum atomic E-state index is 12.2. The SMILES string of the molecule is CC(=O)c1cc(C(=O)O)ccc1O.CCC(=O)CC.CCC1(CC)CC(=O)c2cc(OC=O)ccc2O1. The number of phenols is 1. The molecule has 0 spiro atoms. The number of fused-ring (bicyclic) bond motifs is 1. The average Bonchev–Trinajstić information content (AvgIpc) is 2.89. The van der Waals surface area contributed by atoms with Crippen LogP contribution in [0.1, 0.15) is 97.8 Å². The highest BCUT2D eigenvalue weighted by Crippen LogP contribution is 2.38. The first-order chi connectivity index (χ1) is 17.5. The monoisotopic (exact) mass is 514 g/mol. The molecular formula is C28H34O9. The molecular weight excluding hydrogens is 480 g/mol. The molecule has 1 aliphatic rings. The van der Waals surface area contributed by atoms with Crippen molar-refractivity contribution in [2.75, 3.05) is 0 Å². The number of hydrogen-bond donors (Lipinski definition) is 2. The number of carbonyl (C=O) groups excluding carboxylic acids is 4. The third kappa shape index (κ3) is 8.86. The highest BCUT2D eigenvalue weighted by atomic mass is 16.5. The lowest BCUT2D eigenvalue weighted by Crippen LogP contribution is -2.40. The van der Waals surface area contributed by atoms with Gasteiger partial charge in [0.05, 0.1) is 23.1 Å². The van der Waals surface area contributed by atoms with Gasteiger partial charge < -0.3 is 19.7 Å². The molecule has 37 heavy (non-hydrogen) atoms. The molecule has 2 aromatic rings. The normalized spacial score (nSPS) is 12.8. The molecule has 0 radical (unpaired) electrons. The van der Waals surface area contributed by atoms with Gasteiger partial charge in [0, 0.05) is 12.8 Å². The molecule has 0 fully saturated rings. The molecule has 0 bridgehead atoms. The molecule has 0 aromatic heterocycles. The van der Waals surface area contributed by atoms with Crippen molar-refractivity contribution in [1.29, 1.82) is 0 Å². The third-order valence-electron chi connectivity index (χ3n) is 5.94. The molecule has 2 N–H and O–H groups in total. The lowest BCUT2D eigenvalue weighted by molar-refractivity contribution is -0.121. The number of phenolic OH excluding ortho intramolecular Hbond substituents is 1. The Bertz CT molecular complexity index is 1120. The van der Waals surface area contributed by atoms with Gasteiger partial charge in [-0.05, 0) is 56.2 Å². The number of hydrogen-bond acceptors (Lipinski definition) is 8. The van der Waals surface area contributed by atoms with Gasteiger partial charge in [-0.15, -0.1) is 0 Å². The summed E-state index contributed by atoms with van der Waals surface area (Å²) in [6.45, 7) is 9.41. The lowest BCUT2D eigenvalue weighted by atomic mass is 9.86. The maximum absolute atomic E-state index is 12.2. The maximum Gasteiger partial charge on any atom is 0.335 e. The van der Waals surface area contributed by atoms with Gasteiger partial charge in [-0.1, -0.05) is 27.7 Å². The Labute approximate surface area is 216 Å². The second-order valence-corrected chi connectivity index (χ2v) is 8.30. The van der Waals surface area contributed by atoms with Crippen molar-refractivity contribution in [3.63, 3.8) is 0 Å². The van der Waals surface area contributed by atoms with Crippen LogP contribution in [0, 0.1) is 0 Å². The fourth-order valence-electron chi connectivity index (χ4n) is 3.45. The number of carbonyl (C=O) groups is 5. The Morgan fingerprint density at radius 1 is 1.03 bits per heavy atom. The number of rotatable bonds is 8. The zero-order valence-electron chi connectivity index (χ0n) is 21.8. The van der Waals surface area contributed by atoms with Gasteiger partial charge in [0.2, 0.25) is 0 Å². The summed E-state index contributed by atoms with van der Waals surface area (Å²) >= 11 is 0. The number of carboxylic acid groups (broad SMARTS) is 1. The fraction of sp³-hybridized carbons (Fsp3) is 0.393. The molecule has 0 saturated heterocycles. The average molecular weight is 515 g/mol. The van der Waals surface area contributed by atoms with Crippen LogP contribution in [-0.2, 0) is 9.59 Å². The van der Waals surface area contributed by atoms with E-state index in [2.05, 4.69) is 0 Å². The molecule has 9 nitrogen and oxygen atoms in total. The van der Waals surface area contributed by atoms with Crippen LogP contribution in [-0.4, -0.2) is 45.6 Å². The number of ketones is 3. The van der Waals surface area contributed by atoms with E-state index in [0.717, 1.165) is 18.9 Å². The Balaban J connectivity index is 0.000000315. The molecule has 2 aromatic carbocycles. The van der Waals surface area contributed by atoms with E-state index < -0.39 is 11.6 Å². The van der Waals surface area contributed by atoms with Crippen LogP contribution in [0.3, 0.4) is 0 Å². The number of ether oxygens (including phenoxy) is 2. The van der Waals surface area contributed by atoms with E-state index in [-0.39, 0.29) is 28.4 Å². The van der Waals surface area contributed by atoms with E-state index in [1.165, 1.54) is 19.1 Å². The van der Waals surface area contributed by atoms with Crippen molar-refractivity contribution in [3.05, 3.63) is 53.1 Å². The van der Waals surface area contributed by atoms with Crippen LogP contribution >= 0.6 is 0 Å². The Kier molecular flexibility index (Phi) is 12.2. The van der Waals surface area contributed by atoms with Gasteiger partial charge in [0.25, 0.3) is 6.47 Å². The fourth-order valence-corrected chi connectivity index (χ4v) is 3.45. The Morgan fingerprint density at radius 2 is 1.65 bits per heavy atom.